The lowest BCUT2D eigenvalue weighted by Crippen LogP contribution is -2.33. The Kier molecular flexibility index (Phi) is 6.93. The second-order valence-corrected chi connectivity index (χ2v) is 10.1. The van der Waals surface area contributed by atoms with Crippen LogP contribution in [0.1, 0.15) is 46.1 Å². The summed E-state index contributed by atoms with van der Waals surface area (Å²) in [7, 11) is 7.52. The Morgan fingerprint density at radius 1 is 1.08 bits per heavy atom. The number of likely N-dealkylation sites (tertiary alicyclic amines) is 1. The molecule has 0 unspecified atom stereocenters. The second kappa shape index (κ2) is 10.3. The Balaban J connectivity index is 1.29. The van der Waals surface area contributed by atoms with Gasteiger partial charge in [0, 0.05) is 81.6 Å². The van der Waals surface area contributed by atoms with Crippen molar-refractivity contribution in [1.82, 2.24) is 29.3 Å². The van der Waals surface area contributed by atoms with Crippen LogP contribution in [-0.2, 0) is 13.6 Å². The van der Waals surface area contributed by atoms with Crippen LogP contribution in [0.4, 0.5) is 5.82 Å². The zero-order valence-corrected chi connectivity index (χ0v) is 22.3. The SMILES string of the molecule is CNc1ccc(-c2ccnc3c2cc(CN2CCC(c4ncc(C(=O)N(C)C)cc4C)CC2)n3C)cn1. The fraction of sp³-hybridized carbons (Fsp3) is 0.379. The number of nitrogens with one attached hydrogen (secondary N) is 1. The van der Waals surface area contributed by atoms with E-state index in [4.69, 9.17) is 4.98 Å². The number of amides is 1. The van der Waals surface area contributed by atoms with E-state index in [1.807, 2.05) is 31.6 Å². The summed E-state index contributed by atoms with van der Waals surface area (Å²) in [6.07, 6.45) is 7.65. The minimum Gasteiger partial charge on any atom is -0.373 e. The molecule has 5 rings (SSSR count). The highest BCUT2D eigenvalue weighted by Gasteiger charge is 2.25. The number of aryl methyl sites for hydroxylation is 2. The predicted molar refractivity (Wildman–Crippen MR) is 148 cm³/mol. The molecule has 0 spiro atoms. The number of rotatable bonds is 6. The third-order valence-electron chi connectivity index (χ3n) is 7.49. The lowest BCUT2D eigenvalue weighted by atomic mass is 9.90. The number of anilines is 1. The maximum absolute atomic E-state index is 12.3. The van der Waals surface area contributed by atoms with Crippen molar-refractivity contribution >= 4 is 22.8 Å². The van der Waals surface area contributed by atoms with E-state index < -0.39 is 0 Å². The van der Waals surface area contributed by atoms with Crippen LogP contribution in [0.2, 0.25) is 0 Å². The van der Waals surface area contributed by atoms with Gasteiger partial charge in [-0.3, -0.25) is 14.7 Å². The molecular formula is C29H35N7O. The first kappa shape index (κ1) is 24.9. The highest BCUT2D eigenvalue weighted by molar-refractivity contribution is 5.94. The van der Waals surface area contributed by atoms with Crippen molar-refractivity contribution in [3.05, 3.63) is 71.4 Å². The molecule has 1 amide bonds. The number of nitrogens with zero attached hydrogens (tertiary/aromatic N) is 6. The first-order valence-corrected chi connectivity index (χ1v) is 12.8. The van der Waals surface area contributed by atoms with Gasteiger partial charge in [-0.05, 0) is 74.3 Å². The summed E-state index contributed by atoms with van der Waals surface area (Å²) in [5, 5.41) is 4.23. The van der Waals surface area contributed by atoms with Gasteiger partial charge < -0.3 is 14.8 Å². The van der Waals surface area contributed by atoms with Crippen molar-refractivity contribution in [2.75, 3.05) is 39.5 Å². The van der Waals surface area contributed by atoms with Crippen molar-refractivity contribution in [2.24, 2.45) is 7.05 Å². The average molecular weight is 498 g/mol. The predicted octanol–water partition coefficient (Wildman–Crippen LogP) is 4.46. The molecule has 1 aliphatic rings. The molecule has 0 aromatic carbocycles. The summed E-state index contributed by atoms with van der Waals surface area (Å²) in [4.78, 5) is 30.3. The fourth-order valence-electron chi connectivity index (χ4n) is 5.36. The quantitative estimate of drug-likeness (QED) is 0.424. The van der Waals surface area contributed by atoms with Crippen LogP contribution in [0.25, 0.3) is 22.2 Å². The molecule has 0 bridgehead atoms. The molecule has 5 heterocycles. The summed E-state index contributed by atoms with van der Waals surface area (Å²) >= 11 is 0. The van der Waals surface area contributed by atoms with Gasteiger partial charge in [-0.25, -0.2) is 9.97 Å². The Labute approximate surface area is 218 Å². The van der Waals surface area contributed by atoms with Gasteiger partial charge in [0.05, 0.1) is 5.56 Å². The minimum absolute atomic E-state index is 0.00387. The number of piperidine rings is 1. The fourth-order valence-corrected chi connectivity index (χ4v) is 5.36. The molecule has 1 aliphatic heterocycles. The summed E-state index contributed by atoms with van der Waals surface area (Å²) in [5.74, 6) is 1.28. The number of pyridine rings is 3. The highest BCUT2D eigenvalue weighted by atomic mass is 16.2. The number of carbonyl (C=O) groups is 1. The lowest BCUT2D eigenvalue weighted by Gasteiger charge is -2.32. The van der Waals surface area contributed by atoms with Crippen LogP contribution in [0, 0.1) is 6.92 Å². The van der Waals surface area contributed by atoms with E-state index >= 15 is 0 Å². The largest absolute Gasteiger partial charge is 0.373 e. The normalized spacial score (nSPS) is 14.7. The molecule has 1 N–H and O–H groups in total. The first-order chi connectivity index (χ1) is 17.9. The maximum Gasteiger partial charge on any atom is 0.254 e. The van der Waals surface area contributed by atoms with Gasteiger partial charge in [0.25, 0.3) is 5.91 Å². The zero-order chi connectivity index (χ0) is 26.1. The van der Waals surface area contributed by atoms with Crippen LogP contribution >= 0.6 is 0 Å². The number of hydrogen-bond acceptors (Lipinski definition) is 6. The number of carbonyl (C=O) groups excluding carboxylic acids is 1. The van der Waals surface area contributed by atoms with Crippen LogP contribution in [0.15, 0.2) is 48.9 Å². The van der Waals surface area contributed by atoms with Crippen LogP contribution < -0.4 is 5.32 Å². The molecule has 0 atom stereocenters. The monoisotopic (exact) mass is 497 g/mol. The van der Waals surface area contributed by atoms with Crippen molar-refractivity contribution in [3.63, 3.8) is 0 Å². The van der Waals surface area contributed by atoms with Gasteiger partial charge in [-0.1, -0.05) is 0 Å². The molecule has 1 fully saturated rings. The summed E-state index contributed by atoms with van der Waals surface area (Å²) in [6.45, 7) is 4.99. The van der Waals surface area contributed by atoms with Gasteiger partial charge in [0.1, 0.15) is 11.5 Å². The van der Waals surface area contributed by atoms with Crippen LogP contribution in [0.5, 0.6) is 0 Å². The number of aromatic nitrogens is 4. The van der Waals surface area contributed by atoms with E-state index in [1.54, 1.807) is 25.2 Å². The van der Waals surface area contributed by atoms with Crippen molar-refractivity contribution in [1.29, 1.82) is 0 Å². The van der Waals surface area contributed by atoms with E-state index in [1.165, 1.54) is 5.69 Å². The molecule has 192 valence electrons. The molecule has 0 aliphatic carbocycles. The average Bonchev–Trinajstić information content (AvgIpc) is 3.23. The van der Waals surface area contributed by atoms with Crippen molar-refractivity contribution < 1.29 is 4.79 Å². The minimum atomic E-state index is -0.00387. The summed E-state index contributed by atoms with van der Waals surface area (Å²) in [5.41, 5.74) is 7.38. The molecule has 37 heavy (non-hydrogen) atoms. The summed E-state index contributed by atoms with van der Waals surface area (Å²) < 4.78 is 2.21. The van der Waals surface area contributed by atoms with Gasteiger partial charge in [-0.15, -0.1) is 0 Å². The molecule has 1 saturated heterocycles. The molecule has 8 nitrogen and oxygen atoms in total. The maximum atomic E-state index is 12.3. The molecule has 8 heteroatoms. The van der Waals surface area contributed by atoms with Gasteiger partial charge >= 0.3 is 0 Å². The third-order valence-corrected chi connectivity index (χ3v) is 7.49. The van der Waals surface area contributed by atoms with Crippen LogP contribution in [-0.4, -0.2) is 69.5 Å². The lowest BCUT2D eigenvalue weighted by molar-refractivity contribution is 0.0827. The van der Waals surface area contributed by atoms with E-state index in [0.29, 0.717) is 11.5 Å². The smallest absolute Gasteiger partial charge is 0.254 e. The Hall–Kier alpha value is -3.78. The van der Waals surface area contributed by atoms with Crippen molar-refractivity contribution in [3.8, 4) is 11.1 Å². The Morgan fingerprint density at radius 2 is 1.86 bits per heavy atom. The molecule has 0 radical (unpaired) electrons. The zero-order valence-electron chi connectivity index (χ0n) is 22.3. The van der Waals surface area contributed by atoms with E-state index in [9.17, 15) is 4.79 Å². The molecule has 4 aromatic rings. The van der Waals surface area contributed by atoms with E-state index in [2.05, 4.69) is 56.9 Å². The Morgan fingerprint density at radius 3 is 2.51 bits per heavy atom. The van der Waals surface area contributed by atoms with Gasteiger partial charge in [-0.2, -0.15) is 0 Å². The summed E-state index contributed by atoms with van der Waals surface area (Å²) in [6, 6.07) is 10.4. The molecule has 0 saturated carbocycles. The Bertz CT molecular complexity index is 1420. The topological polar surface area (TPSA) is 79.2 Å². The molecular weight excluding hydrogens is 462 g/mol. The van der Waals surface area contributed by atoms with Gasteiger partial charge in [0.2, 0.25) is 0 Å². The van der Waals surface area contributed by atoms with Crippen molar-refractivity contribution in [2.45, 2.75) is 32.2 Å². The van der Waals surface area contributed by atoms with E-state index in [-0.39, 0.29) is 5.91 Å². The number of hydrogen-bond donors (Lipinski definition) is 1. The van der Waals surface area contributed by atoms with E-state index in [0.717, 1.165) is 71.7 Å². The first-order valence-electron chi connectivity index (χ1n) is 12.8. The highest BCUT2D eigenvalue weighted by Crippen LogP contribution is 2.32. The standard InChI is InChI=1S/C29H35N7O/c1-19-14-22(29(37)34(3)4)17-33-27(19)20-9-12-36(13-10-20)18-23-15-25-24(8-11-31-28(25)35(23)5)21-6-7-26(30-2)32-16-21/h6-8,11,14-17,20H,9-10,12-13,18H2,1-5H3,(H,30,32). The second-order valence-electron chi connectivity index (χ2n) is 10.1. The number of fused-ring (bicyclic) bond motifs is 1. The molecule has 4 aromatic heterocycles. The third kappa shape index (κ3) is 4.93. The van der Waals surface area contributed by atoms with Gasteiger partial charge in [0.15, 0.2) is 0 Å². The van der Waals surface area contributed by atoms with Crippen LogP contribution in [0.3, 0.4) is 0 Å².